The van der Waals surface area contributed by atoms with Crippen LogP contribution in [0.5, 0.6) is 0 Å². The van der Waals surface area contributed by atoms with Crippen LogP contribution in [0.2, 0.25) is 0 Å². The molecular formula is C17H15NOS. The first-order valence-corrected chi connectivity index (χ1v) is 6.94. The third-order valence-corrected chi connectivity index (χ3v) is 3.67. The molecule has 0 spiro atoms. The molecule has 0 atom stereocenters. The van der Waals surface area contributed by atoms with E-state index in [-0.39, 0.29) is 0 Å². The molecule has 0 N–H and O–H groups in total. The summed E-state index contributed by atoms with van der Waals surface area (Å²) in [6.07, 6.45) is 0. The second-order valence-electron chi connectivity index (χ2n) is 4.61. The molecule has 0 aliphatic rings. The van der Waals surface area contributed by atoms with Crippen molar-refractivity contribution in [3.8, 4) is 11.3 Å². The second kappa shape index (κ2) is 5.57. The van der Waals surface area contributed by atoms with Crippen LogP contribution in [0.1, 0.15) is 5.56 Å². The maximum Gasteiger partial charge on any atom is 0.123 e. The predicted octanol–water partition coefficient (Wildman–Crippen LogP) is 4.26. The maximum absolute atomic E-state index is 5.37. The predicted molar refractivity (Wildman–Crippen MR) is 87.1 cm³/mol. The van der Waals surface area contributed by atoms with Crippen LogP contribution in [0.3, 0.4) is 0 Å². The highest BCUT2D eigenvalue weighted by Crippen LogP contribution is 2.32. The maximum atomic E-state index is 5.37. The second-order valence-corrected chi connectivity index (χ2v) is 4.84. The van der Waals surface area contributed by atoms with E-state index in [2.05, 4.69) is 28.8 Å². The number of methoxy groups -OCH3 is 1. The minimum Gasteiger partial charge on any atom is -0.364 e. The zero-order valence-electron chi connectivity index (χ0n) is 11.2. The number of para-hydroxylation sites is 1. The van der Waals surface area contributed by atoms with Crippen molar-refractivity contribution in [3.63, 3.8) is 0 Å². The topological polar surface area (TPSA) is 14.2 Å². The van der Waals surface area contributed by atoms with Gasteiger partial charge in [0, 0.05) is 23.4 Å². The first kappa shape index (κ1) is 13.0. The normalized spacial score (nSPS) is 10.8. The van der Waals surface area contributed by atoms with Crippen molar-refractivity contribution in [1.29, 1.82) is 0 Å². The van der Waals surface area contributed by atoms with Crippen molar-refractivity contribution < 1.29 is 4.74 Å². The van der Waals surface area contributed by atoms with E-state index in [0.717, 1.165) is 22.3 Å². The van der Waals surface area contributed by atoms with E-state index >= 15 is 0 Å². The number of hydrogen-bond donors (Lipinski definition) is 0. The van der Waals surface area contributed by atoms with E-state index in [0.29, 0.717) is 6.73 Å². The van der Waals surface area contributed by atoms with Crippen molar-refractivity contribution in [2.75, 3.05) is 7.11 Å². The Morgan fingerprint density at radius 3 is 2.45 bits per heavy atom. The van der Waals surface area contributed by atoms with Crippen LogP contribution in [-0.4, -0.2) is 17.0 Å². The molecule has 3 rings (SSSR count). The Labute approximate surface area is 123 Å². The van der Waals surface area contributed by atoms with Crippen LogP contribution >= 0.6 is 12.2 Å². The quantitative estimate of drug-likeness (QED) is 0.663. The van der Waals surface area contributed by atoms with Gasteiger partial charge in [0.1, 0.15) is 6.73 Å². The van der Waals surface area contributed by atoms with E-state index in [9.17, 15) is 0 Å². The average molecular weight is 281 g/mol. The van der Waals surface area contributed by atoms with E-state index in [1.54, 1.807) is 12.5 Å². The average Bonchev–Trinajstić information content (AvgIpc) is 2.82. The summed E-state index contributed by atoms with van der Waals surface area (Å²) in [6.45, 7) is 0.508. The molecule has 0 fully saturated rings. The molecular weight excluding hydrogens is 266 g/mol. The number of nitrogens with zero attached hydrogens (tertiary/aromatic N) is 1. The number of aromatic nitrogens is 1. The van der Waals surface area contributed by atoms with Crippen LogP contribution in [-0.2, 0) is 11.5 Å². The van der Waals surface area contributed by atoms with Gasteiger partial charge in [-0.3, -0.25) is 0 Å². The molecule has 0 saturated carbocycles. The smallest absolute Gasteiger partial charge is 0.123 e. The van der Waals surface area contributed by atoms with Crippen LogP contribution in [0.4, 0.5) is 0 Å². The zero-order chi connectivity index (χ0) is 13.9. The van der Waals surface area contributed by atoms with Crippen LogP contribution in [0, 0.1) is 0 Å². The third-order valence-electron chi connectivity index (χ3n) is 3.43. The van der Waals surface area contributed by atoms with Gasteiger partial charge in [-0.2, -0.15) is 0 Å². The van der Waals surface area contributed by atoms with Gasteiger partial charge >= 0.3 is 0 Å². The minimum absolute atomic E-state index is 0.508. The van der Waals surface area contributed by atoms with E-state index in [4.69, 9.17) is 17.0 Å². The zero-order valence-corrected chi connectivity index (χ0v) is 12.1. The summed E-state index contributed by atoms with van der Waals surface area (Å²) < 4.78 is 7.54. The Balaban J connectivity index is 2.39. The number of fused-ring (bicyclic) bond motifs is 1. The fourth-order valence-electron chi connectivity index (χ4n) is 2.62. The standard InChI is InChI=1S/C17H15NOS/c1-19-12-18-16-10-6-5-9-14(16)15(11-20)17(18)13-7-3-2-4-8-13/h2-11H,12H2,1H3. The molecule has 0 bridgehead atoms. The van der Waals surface area contributed by atoms with E-state index in [1.807, 2.05) is 30.3 Å². The molecule has 100 valence electrons. The molecule has 3 heteroatoms. The Kier molecular flexibility index (Phi) is 3.63. The lowest BCUT2D eigenvalue weighted by Crippen LogP contribution is -2.02. The molecule has 1 heterocycles. The van der Waals surface area contributed by atoms with Crippen LogP contribution in [0.25, 0.3) is 22.2 Å². The summed E-state index contributed by atoms with van der Waals surface area (Å²) in [4.78, 5) is 0. The van der Waals surface area contributed by atoms with Crippen LogP contribution < -0.4 is 0 Å². The van der Waals surface area contributed by atoms with Gasteiger partial charge in [0.2, 0.25) is 0 Å². The molecule has 20 heavy (non-hydrogen) atoms. The first-order valence-electron chi connectivity index (χ1n) is 6.47. The Morgan fingerprint density at radius 1 is 1.05 bits per heavy atom. The van der Waals surface area contributed by atoms with Gasteiger partial charge in [0.15, 0.2) is 0 Å². The Hall–Kier alpha value is -1.97. The molecule has 0 amide bonds. The first-order chi connectivity index (χ1) is 9.86. The lowest BCUT2D eigenvalue weighted by atomic mass is 10.1. The van der Waals surface area contributed by atoms with E-state index < -0.39 is 0 Å². The fraction of sp³-hybridized carbons (Fsp3) is 0.118. The largest absolute Gasteiger partial charge is 0.364 e. The molecule has 3 aromatic rings. The van der Waals surface area contributed by atoms with Crippen molar-refractivity contribution in [3.05, 3.63) is 60.2 Å². The molecule has 2 nitrogen and oxygen atoms in total. The lowest BCUT2D eigenvalue weighted by Gasteiger charge is -2.10. The summed E-state index contributed by atoms with van der Waals surface area (Å²) in [5.74, 6) is 0. The number of thiocarbonyl (C=S) groups is 1. The SMILES string of the molecule is COCn1c(-c2ccccc2)c(C=S)c2ccccc21. The third kappa shape index (κ3) is 2.05. The number of benzene rings is 2. The molecule has 2 aromatic carbocycles. The van der Waals surface area contributed by atoms with Gasteiger partial charge in [-0.1, -0.05) is 60.7 Å². The van der Waals surface area contributed by atoms with Crippen molar-refractivity contribution in [1.82, 2.24) is 4.57 Å². The highest BCUT2D eigenvalue weighted by Gasteiger charge is 2.16. The number of rotatable bonds is 4. The monoisotopic (exact) mass is 281 g/mol. The molecule has 0 saturated heterocycles. The molecule has 0 aliphatic carbocycles. The van der Waals surface area contributed by atoms with Crippen molar-refractivity contribution in [2.24, 2.45) is 0 Å². The molecule has 1 aromatic heterocycles. The van der Waals surface area contributed by atoms with Gasteiger partial charge in [-0.15, -0.1) is 0 Å². The summed E-state index contributed by atoms with van der Waals surface area (Å²) in [5, 5.41) is 2.93. The Morgan fingerprint density at radius 2 is 1.75 bits per heavy atom. The summed E-state index contributed by atoms with van der Waals surface area (Å²) in [7, 11) is 1.71. The van der Waals surface area contributed by atoms with E-state index in [1.165, 1.54) is 5.39 Å². The number of ether oxygens (including phenoxy) is 1. The van der Waals surface area contributed by atoms with Gasteiger partial charge in [0.25, 0.3) is 0 Å². The van der Waals surface area contributed by atoms with Gasteiger partial charge in [-0.25, -0.2) is 0 Å². The summed E-state index contributed by atoms with van der Waals surface area (Å²) in [6, 6.07) is 18.6. The van der Waals surface area contributed by atoms with Crippen molar-refractivity contribution in [2.45, 2.75) is 6.73 Å². The summed E-state index contributed by atoms with van der Waals surface area (Å²) >= 11 is 5.25. The van der Waals surface area contributed by atoms with Gasteiger partial charge in [-0.05, 0) is 11.6 Å². The van der Waals surface area contributed by atoms with Gasteiger partial charge in [0.05, 0.1) is 11.2 Å². The fourth-order valence-corrected chi connectivity index (χ4v) is 2.86. The van der Waals surface area contributed by atoms with Crippen LogP contribution in [0.15, 0.2) is 54.6 Å². The molecule has 0 unspecified atom stereocenters. The van der Waals surface area contributed by atoms with Gasteiger partial charge < -0.3 is 9.30 Å². The highest BCUT2D eigenvalue weighted by molar-refractivity contribution is 7.79. The highest BCUT2D eigenvalue weighted by atomic mass is 32.1. The minimum atomic E-state index is 0.508. The number of hydrogen-bond acceptors (Lipinski definition) is 2. The lowest BCUT2D eigenvalue weighted by molar-refractivity contribution is 0.136. The molecule has 0 aliphatic heterocycles. The summed E-state index contributed by atoms with van der Waals surface area (Å²) in [5.41, 5.74) is 4.49. The van der Waals surface area contributed by atoms with Crippen molar-refractivity contribution >= 4 is 28.5 Å². The Bertz CT molecular complexity index is 746. The molecule has 0 radical (unpaired) electrons.